The topological polar surface area (TPSA) is 29.9 Å². The molecule has 2 rings (SSSR count). The molecule has 0 spiro atoms. The standard InChI is InChI=1S/C14H17BrFN3/c1-17-14(6-3-10-8-18-19(2)9-10)11-4-5-12(15)13(16)7-11/h4-5,7-9,14,17H,3,6H2,1-2H3. The molecule has 2 aromatic rings. The van der Waals surface area contributed by atoms with Crippen molar-refractivity contribution < 1.29 is 4.39 Å². The van der Waals surface area contributed by atoms with Crippen LogP contribution in [-0.2, 0) is 13.5 Å². The molecule has 0 fully saturated rings. The molecule has 0 saturated carbocycles. The van der Waals surface area contributed by atoms with Gasteiger partial charge in [-0.25, -0.2) is 4.39 Å². The number of nitrogens with one attached hydrogen (secondary N) is 1. The van der Waals surface area contributed by atoms with Gasteiger partial charge in [-0.3, -0.25) is 4.68 Å². The van der Waals surface area contributed by atoms with Gasteiger partial charge in [0.05, 0.1) is 10.7 Å². The lowest BCUT2D eigenvalue weighted by Gasteiger charge is -2.16. The molecule has 1 unspecified atom stereocenters. The predicted molar refractivity (Wildman–Crippen MR) is 77.4 cm³/mol. The lowest BCUT2D eigenvalue weighted by Crippen LogP contribution is -2.17. The van der Waals surface area contributed by atoms with Gasteiger partial charge in [-0.15, -0.1) is 0 Å². The minimum absolute atomic E-state index is 0.141. The Morgan fingerprint density at radius 1 is 1.47 bits per heavy atom. The highest BCUT2D eigenvalue weighted by molar-refractivity contribution is 9.10. The van der Waals surface area contributed by atoms with E-state index in [4.69, 9.17) is 0 Å². The second-order valence-corrected chi connectivity index (χ2v) is 5.43. The van der Waals surface area contributed by atoms with E-state index in [9.17, 15) is 4.39 Å². The van der Waals surface area contributed by atoms with Crippen LogP contribution < -0.4 is 5.32 Å². The van der Waals surface area contributed by atoms with Gasteiger partial charge in [0.1, 0.15) is 5.82 Å². The van der Waals surface area contributed by atoms with Crippen LogP contribution in [-0.4, -0.2) is 16.8 Å². The molecular weight excluding hydrogens is 309 g/mol. The zero-order valence-corrected chi connectivity index (χ0v) is 12.6. The summed E-state index contributed by atoms with van der Waals surface area (Å²) in [5, 5.41) is 7.38. The predicted octanol–water partition coefficient (Wildman–Crippen LogP) is 3.22. The number of rotatable bonds is 5. The quantitative estimate of drug-likeness (QED) is 0.914. The second-order valence-electron chi connectivity index (χ2n) is 4.58. The largest absolute Gasteiger partial charge is 0.313 e. The highest BCUT2D eigenvalue weighted by atomic mass is 79.9. The van der Waals surface area contributed by atoms with Crippen molar-refractivity contribution in [3.63, 3.8) is 0 Å². The number of hydrogen-bond acceptors (Lipinski definition) is 2. The molecule has 0 radical (unpaired) electrons. The first-order valence-corrected chi connectivity index (χ1v) is 6.99. The van der Waals surface area contributed by atoms with Crippen molar-refractivity contribution in [1.29, 1.82) is 0 Å². The maximum atomic E-state index is 13.6. The molecule has 0 aliphatic rings. The van der Waals surface area contributed by atoms with E-state index in [-0.39, 0.29) is 11.9 Å². The third-order valence-corrected chi connectivity index (χ3v) is 3.82. The first-order chi connectivity index (χ1) is 9.10. The van der Waals surface area contributed by atoms with Gasteiger partial charge in [0.25, 0.3) is 0 Å². The van der Waals surface area contributed by atoms with Crippen LogP contribution in [0.4, 0.5) is 4.39 Å². The van der Waals surface area contributed by atoms with Crippen molar-refractivity contribution in [2.45, 2.75) is 18.9 Å². The Balaban J connectivity index is 2.05. The fraction of sp³-hybridized carbons (Fsp3) is 0.357. The molecule has 0 aliphatic heterocycles. The monoisotopic (exact) mass is 325 g/mol. The molecule has 1 aromatic heterocycles. The molecule has 0 aliphatic carbocycles. The molecule has 0 bridgehead atoms. The van der Waals surface area contributed by atoms with Gasteiger partial charge in [-0.1, -0.05) is 6.07 Å². The number of aryl methyl sites for hydroxylation is 2. The van der Waals surface area contributed by atoms with E-state index in [1.807, 2.05) is 32.6 Å². The molecule has 19 heavy (non-hydrogen) atoms. The summed E-state index contributed by atoms with van der Waals surface area (Å²) in [5.74, 6) is -0.223. The summed E-state index contributed by atoms with van der Waals surface area (Å²) in [6, 6.07) is 5.41. The second kappa shape index (κ2) is 6.30. The summed E-state index contributed by atoms with van der Waals surface area (Å²) in [4.78, 5) is 0. The van der Waals surface area contributed by atoms with Gasteiger partial charge in [-0.05, 0) is 59.1 Å². The van der Waals surface area contributed by atoms with Crippen molar-refractivity contribution >= 4 is 15.9 Å². The van der Waals surface area contributed by atoms with Crippen LogP contribution in [0.2, 0.25) is 0 Å². The van der Waals surface area contributed by atoms with Gasteiger partial charge in [0, 0.05) is 19.3 Å². The van der Waals surface area contributed by atoms with Crippen molar-refractivity contribution in [3.05, 3.63) is 52.0 Å². The molecule has 1 heterocycles. The minimum atomic E-state index is -0.223. The van der Waals surface area contributed by atoms with Crippen molar-refractivity contribution in [2.24, 2.45) is 7.05 Å². The first kappa shape index (κ1) is 14.2. The summed E-state index contributed by atoms with van der Waals surface area (Å²) in [6.07, 6.45) is 5.70. The zero-order chi connectivity index (χ0) is 13.8. The number of benzene rings is 1. The fourth-order valence-electron chi connectivity index (χ4n) is 2.12. The van der Waals surface area contributed by atoms with Gasteiger partial charge in [0.15, 0.2) is 0 Å². The van der Waals surface area contributed by atoms with Gasteiger partial charge >= 0.3 is 0 Å². The number of nitrogens with zero attached hydrogens (tertiary/aromatic N) is 2. The van der Waals surface area contributed by atoms with Crippen LogP contribution in [0.1, 0.15) is 23.6 Å². The number of hydrogen-bond donors (Lipinski definition) is 1. The van der Waals surface area contributed by atoms with E-state index in [0.29, 0.717) is 4.47 Å². The molecule has 102 valence electrons. The molecule has 0 amide bonds. The Hall–Kier alpha value is -1.20. The minimum Gasteiger partial charge on any atom is -0.313 e. The van der Waals surface area contributed by atoms with Crippen molar-refractivity contribution in [2.75, 3.05) is 7.05 Å². The van der Waals surface area contributed by atoms with Crippen LogP contribution in [0.5, 0.6) is 0 Å². The van der Waals surface area contributed by atoms with Crippen molar-refractivity contribution in [3.8, 4) is 0 Å². The Labute approximate surface area is 121 Å². The first-order valence-electron chi connectivity index (χ1n) is 6.20. The van der Waals surface area contributed by atoms with E-state index < -0.39 is 0 Å². The highest BCUT2D eigenvalue weighted by Crippen LogP contribution is 2.23. The molecule has 3 nitrogen and oxygen atoms in total. The normalized spacial score (nSPS) is 12.6. The van der Waals surface area contributed by atoms with E-state index >= 15 is 0 Å². The maximum Gasteiger partial charge on any atom is 0.137 e. The van der Waals surface area contributed by atoms with Gasteiger partial charge in [-0.2, -0.15) is 5.10 Å². The Morgan fingerprint density at radius 2 is 2.26 bits per heavy atom. The van der Waals surface area contributed by atoms with Gasteiger partial charge in [0.2, 0.25) is 0 Å². The lowest BCUT2D eigenvalue weighted by atomic mass is 10.0. The third kappa shape index (κ3) is 3.64. The van der Waals surface area contributed by atoms with E-state index in [1.165, 1.54) is 5.56 Å². The summed E-state index contributed by atoms with van der Waals surface area (Å²) >= 11 is 3.17. The van der Waals surface area contributed by atoms with Crippen LogP contribution >= 0.6 is 15.9 Å². The smallest absolute Gasteiger partial charge is 0.137 e. The van der Waals surface area contributed by atoms with Crippen LogP contribution in [0.25, 0.3) is 0 Å². The van der Waals surface area contributed by atoms with Crippen LogP contribution in [0.15, 0.2) is 35.1 Å². The van der Waals surface area contributed by atoms with E-state index in [1.54, 1.807) is 16.8 Å². The van der Waals surface area contributed by atoms with Gasteiger partial charge < -0.3 is 5.32 Å². The number of aromatic nitrogens is 2. The zero-order valence-electron chi connectivity index (χ0n) is 11.0. The molecule has 0 saturated heterocycles. The Kier molecular flexibility index (Phi) is 4.71. The molecule has 1 aromatic carbocycles. The Morgan fingerprint density at radius 3 is 2.84 bits per heavy atom. The summed E-state index contributed by atoms with van der Waals surface area (Å²) in [6.45, 7) is 0. The lowest BCUT2D eigenvalue weighted by molar-refractivity contribution is 0.541. The molecule has 5 heteroatoms. The van der Waals surface area contributed by atoms with Crippen LogP contribution in [0, 0.1) is 5.82 Å². The SMILES string of the molecule is CNC(CCc1cnn(C)c1)c1ccc(Br)c(F)c1. The molecular formula is C14H17BrFN3. The van der Waals surface area contributed by atoms with Crippen molar-refractivity contribution in [1.82, 2.24) is 15.1 Å². The molecule has 1 atom stereocenters. The van der Waals surface area contributed by atoms with Crippen LogP contribution in [0.3, 0.4) is 0 Å². The third-order valence-electron chi connectivity index (χ3n) is 3.17. The highest BCUT2D eigenvalue weighted by Gasteiger charge is 2.12. The Bertz CT molecular complexity index is 553. The summed E-state index contributed by atoms with van der Waals surface area (Å²) in [7, 11) is 3.80. The summed E-state index contributed by atoms with van der Waals surface area (Å²) < 4.78 is 15.8. The fourth-order valence-corrected chi connectivity index (χ4v) is 2.37. The van der Waals surface area contributed by atoms with E-state index in [0.717, 1.165) is 18.4 Å². The maximum absolute atomic E-state index is 13.6. The molecule has 1 N–H and O–H groups in total. The number of halogens is 2. The summed E-state index contributed by atoms with van der Waals surface area (Å²) in [5.41, 5.74) is 2.16. The average Bonchev–Trinajstić information content (AvgIpc) is 2.80. The van der Waals surface area contributed by atoms with E-state index in [2.05, 4.69) is 26.3 Å². The average molecular weight is 326 g/mol.